The number of benzene rings is 2. The van der Waals surface area contributed by atoms with E-state index < -0.39 is 0 Å². The minimum absolute atomic E-state index is 0.177. The third kappa shape index (κ3) is 2.78. The average Bonchev–Trinajstić information content (AvgIpc) is 2.90. The molecule has 1 heterocycles. The van der Waals surface area contributed by atoms with Gasteiger partial charge < -0.3 is 14.6 Å². The monoisotopic (exact) mass is 270 g/mol. The number of rotatable bonds is 5. The summed E-state index contributed by atoms with van der Waals surface area (Å²) in [6.45, 7) is 1.48. The molecular formula is C17H18O3. The predicted octanol–water partition coefficient (Wildman–Crippen LogP) is 2.78. The summed E-state index contributed by atoms with van der Waals surface area (Å²) in [5, 5.41) is 8.88. The van der Waals surface area contributed by atoms with Gasteiger partial charge in [-0.3, -0.25) is 0 Å². The van der Waals surface area contributed by atoms with Crippen LogP contribution in [0.3, 0.4) is 0 Å². The normalized spacial score (nSPS) is 16.6. The second-order valence-electron chi connectivity index (χ2n) is 4.97. The van der Waals surface area contributed by atoms with Crippen molar-refractivity contribution in [2.24, 2.45) is 0 Å². The number of fused-ring (bicyclic) bond motifs is 1. The van der Waals surface area contributed by atoms with Gasteiger partial charge in [0.05, 0.1) is 19.1 Å². The zero-order valence-corrected chi connectivity index (χ0v) is 11.3. The molecule has 1 aliphatic heterocycles. The summed E-state index contributed by atoms with van der Waals surface area (Å²) in [5.41, 5.74) is 2.35. The van der Waals surface area contributed by atoms with Crippen LogP contribution in [-0.2, 0) is 6.42 Å². The fraction of sp³-hybridized carbons (Fsp3) is 0.294. The minimum atomic E-state index is 0.177. The lowest BCUT2D eigenvalue weighted by molar-refractivity contribution is 0.248. The smallest absolute Gasteiger partial charge is 0.123 e. The Hall–Kier alpha value is -2.00. The van der Waals surface area contributed by atoms with Crippen LogP contribution >= 0.6 is 0 Å². The van der Waals surface area contributed by atoms with Crippen LogP contribution < -0.4 is 9.47 Å². The standard InChI is InChI=1S/C17H18O3/c18-10-9-13-5-7-15(8-6-13)19-11-14-12-20-17-4-2-1-3-16(14)17/h1-8,14,18H,9-12H2. The first-order valence-corrected chi connectivity index (χ1v) is 6.91. The van der Waals surface area contributed by atoms with Crippen molar-refractivity contribution in [3.8, 4) is 11.5 Å². The van der Waals surface area contributed by atoms with E-state index in [2.05, 4.69) is 6.07 Å². The van der Waals surface area contributed by atoms with Gasteiger partial charge in [0.25, 0.3) is 0 Å². The molecule has 0 amide bonds. The lowest BCUT2D eigenvalue weighted by Gasteiger charge is -2.11. The highest BCUT2D eigenvalue weighted by atomic mass is 16.5. The van der Waals surface area contributed by atoms with E-state index in [4.69, 9.17) is 14.6 Å². The number of ether oxygens (including phenoxy) is 2. The number of para-hydroxylation sites is 1. The number of hydrogen-bond donors (Lipinski definition) is 1. The molecule has 104 valence electrons. The summed E-state index contributed by atoms with van der Waals surface area (Å²) in [5.74, 6) is 2.12. The maximum absolute atomic E-state index is 8.88. The molecule has 3 heteroatoms. The molecule has 1 atom stereocenters. The van der Waals surface area contributed by atoms with Crippen LogP contribution in [0.25, 0.3) is 0 Å². The van der Waals surface area contributed by atoms with Crippen LogP contribution in [-0.4, -0.2) is 24.9 Å². The van der Waals surface area contributed by atoms with E-state index >= 15 is 0 Å². The quantitative estimate of drug-likeness (QED) is 0.908. The molecule has 0 bridgehead atoms. The van der Waals surface area contributed by atoms with Gasteiger partial charge in [-0.15, -0.1) is 0 Å². The highest BCUT2D eigenvalue weighted by Crippen LogP contribution is 2.33. The lowest BCUT2D eigenvalue weighted by Crippen LogP contribution is -2.11. The molecule has 1 unspecified atom stereocenters. The summed E-state index contributed by atoms with van der Waals surface area (Å²) in [7, 11) is 0. The van der Waals surface area contributed by atoms with Crippen molar-refractivity contribution in [2.45, 2.75) is 12.3 Å². The van der Waals surface area contributed by atoms with Gasteiger partial charge >= 0.3 is 0 Å². The van der Waals surface area contributed by atoms with Gasteiger partial charge in [0.2, 0.25) is 0 Å². The largest absolute Gasteiger partial charge is 0.493 e. The van der Waals surface area contributed by atoms with Crippen molar-refractivity contribution >= 4 is 0 Å². The molecule has 1 aliphatic rings. The predicted molar refractivity (Wildman–Crippen MR) is 77.4 cm³/mol. The summed E-state index contributed by atoms with van der Waals surface area (Å²) < 4.78 is 11.5. The van der Waals surface area contributed by atoms with Crippen molar-refractivity contribution in [3.05, 3.63) is 59.7 Å². The third-order valence-electron chi connectivity index (χ3n) is 3.57. The molecule has 0 saturated carbocycles. The Labute approximate surface area is 118 Å². The first kappa shape index (κ1) is 13.0. The average molecular weight is 270 g/mol. The van der Waals surface area contributed by atoms with Crippen molar-refractivity contribution in [3.63, 3.8) is 0 Å². The highest BCUT2D eigenvalue weighted by Gasteiger charge is 2.24. The van der Waals surface area contributed by atoms with E-state index in [0.717, 1.165) is 17.1 Å². The zero-order chi connectivity index (χ0) is 13.8. The van der Waals surface area contributed by atoms with Gasteiger partial charge in [0.1, 0.15) is 11.5 Å². The maximum atomic E-state index is 8.88. The highest BCUT2D eigenvalue weighted by molar-refractivity contribution is 5.39. The molecule has 2 aromatic carbocycles. The first-order chi connectivity index (χ1) is 9.86. The van der Waals surface area contributed by atoms with Gasteiger partial charge in [-0.05, 0) is 30.2 Å². The molecular weight excluding hydrogens is 252 g/mol. The number of hydrogen-bond acceptors (Lipinski definition) is 3. The summed E-state index contributed by atoms with van der Waals surface area (Å²) in [4.78, 5) is 0. The molecule has 0 spiro atoms. The van der Waals surface area contributed by atoms with Gasteiger partial charge in [0, 0.05) is 12.2 Å². The van der Waals surface area contributed by atoms with Gasteiger partial charge in [0.15, 0.2) is 0 Å². The van der Waals surface area contributed by atoms with Crippen LogP contribution in [0, 0.1) is 0 Å². The van der Waals surface area contributed by atoms with E-state index in [1.165, 1.54) is 5.56 Å². The lowest BCUT2D eigenvalue weighted by atomic mass is 10.0. The van der Waals surface area contributed by atoms with Crippen LogP contribution in [0.5, 0.6) is 11.5 Å². The fourth-order valence-electron chi connectivity index (χ4n) is 2.45. The summed E-state index contributed by atoms with van der Waals surface area (Å²) >= 11 is 0. The topological polar surface area (TPSA) is 38.7 Å². The van der Waals surface area contributed by atoms with Crippen LogP contribution in [0.1, 0.15) is 17.0 Å². The molecule has 20 heavy (non-hydrogen) atoms. The van der Waals surface area contributed by atoms with Gasteiger partial charge in [-0.1, -0.05) is 30.3 Å². The Morgan fingerprint density at radius 1 is 1.10 bits per heavy atom. The number of aliphatic hydroxyl groups is 1. The molecule has 0 aromatic heterocycles. The molecule has 3 rings (SSSR count). The molecule has 2 aromatic rings. The minimum Gasteiger partial charge on any atom is -0.493 e. The SMILES string of the molecule is OCCc1ccc(OCC2COc3ccccc32)cc1. The Bertz CT molecular complexity index is 563. The Morgan fingerprint density at radius 2 is 1.90 bits per heavy atom. The molecule has 0 aliphatic carbocycles. The second kappa shape index (κ2) is 5.97. The van der Waals surface area contributed by atoms with Crippen molar-refractivity contribution < 1.29 is 14.6 Å². The van der Waals surface area contributed by atoms with Crippen molar-refractivity contribution in [1.82, 2.24) is 0 Å². The molecule has 0 fully saturated rings. The van der Waals surface area contributed by atoms with E-state index in [1.54, 1.807) is 0 Å². The molecule has 1 N–H and O–H groups in total. The van der Waals surface area contributed by atoms with E-state index in [1.807, 2.05) is 42.5 Å². The summed E-state index contributed by atoms with van der Waals surface area (Å²) in [6.07, 6.45) is 0.685. The Morgan fingerprint density at radius 3 is 2.70 bits per heavy atom. The molecule has 3 nitrogen and oxygen atoms in total. The van der Waals surface area contributed by atoms with E-state index in [9.17, 15) is 0 Å². The Kier molecular flexibility index (Phi) is 3.88. The summed E-state index contributed by atoms with van der Waals surface area (Å²) in [6, 6.07) is 16.0. The van der Waals surface area contributed by atoms with Crippen LogP contribution in [0.15, 0.2) is 48.5 Å². The first-order valence-electron chi connectivity index (χ1n) is 6.91. The van der Waals surface area contributed by atoms with Gasteiger partial charge in [-0.25, -0.2) is 0 Å². The van der Waals surface area contributed by atoms with Crippen LogP contribution in [0.4, 0.5) is 0 Å². The fourth-order valence-corrected chi connectivity index (χ4v) is 2.45. The van der Waals surface area contributed by atoms with Gasteiger partial charge in [-0.2, -0.15) is 0 Å². The van der Waals surface area contributed by atoms with Crippen LogP contribution in [0.2, 0.25) is 0 Å². The Balaban J connectivity index is 1.60. The third-order valence-corrected chi connectivity index (χ3v) is 3.57. The molecule has 0 radical (unpaired) electrons. The second-order valence-corrected chi connectivity index (χ2v) is 4.97. The van der Waals surface area contributed by atoms with Crippen molar-refractivity contribution in [2.75, 3.05) is 19.8 Å². The van der Waals surface area contributed by atoms with E-state index in [-0.39, 0.29) is 6.61 Å². The molecule has 0 saturated heterocycles. The number of aliphatic hydroxyl groups excluding tert-OH is 1. The maximum Gasteiger partial charge on any atom is 0.123 e. The van der Waals surface area contributed by atoms with E-state index in [0.29, 0.717) is 25.6 Å². The zero-order valence-electron chi connectivity index (χ0n) is 11.3. The van der Waals surface area contributed by atoms with Crippen molar-refractivity contribution in [1.29, 1.82) is 0 Å².